The van der Waals surface area contributed by atoms with Crippen LogP contribution in [0, 0.1) is 6.92 Å². The van der Waals surface area contributed by atoms with Gasteiger partial charge in [0.1, 0.15) is 11.5 Å². The number of nitrogens with one attached hydrogen (secondary N) is 1. The molecule has 0 unspecified atom stereocenters. The number of carbonyl (C=O) groups excluding carboxylic acids is 1. The first-order chi connectivity index (χ1) is 10.1. The summed E-state index contributed by atoms with van der Waals surface area (Å²) >= 11 is 0. The van der Waals surface area contributed by atoms with E-state index in [1.807, 2.05) is 31.2 Å². The van der Waals surface area contributed by atoms with Crippen LogP contribution in [0.1, 0.15) is 21.5 Å². The van der Waals surface area contributed by atoms with Crippen molar-refractivity contribution >= 4 is 5.91 Å². The van der Waals surface area contributed by atoms with Crippen LogP contribution in [0.3, 0.4) is 0 Å². The third kappa shape index (κ3) is 3.75. The lowest BCUT2D eigenvalue weighted by atomic mass is 10.1. The van der Waals surface area contributed by atoms with Gasteiger partial charge in [0.25, 0.3) is 5.91 Å². The summed E-state index contributed by atoms with van der Waals surface area (Å²) < 4.78 is 10.3. The van der Waals surface area contributed by atoms with Crippen molar-refractivity contribution in [2.75, 3.05) is 14.2 Å². The van der Waals surface area contributed by atoms with Crippen LogP contribution in [0.4, 0.5) is 0 Å². The molecular weight excluding hydrogens is 266 g/mol. The van der Waals surface area contributed by atoms with Crippen LogP contribution in [0.25, 0.3) is 0 Å². The number of carbonyl (C=O) groups is 1. The lowest BCUT2D eigenvalue weighted by Crippen LogP contribution is -2.23. The predicted octanol–water partition coefficient (Wildman–Crippen LogP) is 2.94. The first-order valence-corrected chi connectivity index (χ1v) is 6.70. The molecule has 0 spiro atoms. The molecule has 2 rings (SSSR count). The molecule has 0 atom stereocenters. The average molecular weight is 285 g/mol. The lowest BCUT2D eigenvalue weighted by molar-refractivity contribution is 0.0950. The Kier molecular flexibility index (Phi) is 4.82. The van der Waals surface area contributed by atoms with Crippen molar-refractivity contribution in [2.45, 2.75) is 13.5 Å². The second kappa shape index (κ2) is 6.79. The van der Waals surface area contributed by atoms with Crippen molar-refractivity contribution < 1.29 is 14.3 Å². The van der Waals surface area contributed by atoms with Gasteiger partial charge in [0, 0.05) is 18.2 Å². The molecule has 0 bridgehead atoms. The Hall–Kier alpha value is -2.49. The normalized spacial score (nSPS) is 10.0. The van der Waals surface area contributed by atoms with Gasteiger partial charge in [-0.2, -0.15) is 0 Å². The van der Waals surface area contributed by atoms with E-state index in [4.69, 9.17) is 9.47 Å². The van der Waals surface area contributed by atoms with Crippen LogP contribution in [0.15, 0.2) is 42.5 Å². The van der Waals surface area contributed by atoms with E-state index in [1.54, 1.807) is 32.4 Å². The summed E-state index contributed by atoms with van der Waals surface area (Å²) in [5.74, 6) is 1.03. The first-order valence-electron chi connectivity index (χ1n) is 6.70. The van der Waals surface area contributed by atoms with E-state index in [0.29, 0.717) is 23.6 Å². The number of ether oxygens (including phenoxy) is 2. The molecule has 0 fully saturated rings. The van der Waals surface area contributed by atoms with Crippen molar-refractivity contribution in [1.82, 2.24) is 5.32 Å². The lowest BCUT2D eigenvalue weighted by Gasteiger charge is -2.10. The van der Waals surface area contributed by atoms with Gasteiger partial charge >= 0.3 is 0 Å². The summed E-state index contributed by atoms with van der Waals surface area (Å²) in [6, 6.07) is 13.1. The molecule has 0 saturated carbocycles. The van der Waals surface area contributed by atoms with Gasteiger partial charge in [0.05, 0.1) is 14.2 Å². The molecule has 0 saturated heterocycles. The van der Waals surface area contributed by atoms with Crippen molar-refractivity contribution in [2.24, 2.45) is 0 Å². The molecule has 0 radical (unpaired) electrons. The first kappa shape index (κ1) is 14.9. The molecule has 0 aliphatic heterocycles. The van der Waals surface area contributed by atoms with Crippen molar-refractivity contribution in [3.8, 4) is 11.5 Å². The Morgan fingerprint density at radius 1 is 1.05 bits per heavy atom. The molecule has 0 aliphatic carbocycles. The second-order valence-electron chi connectivity index (χ2n) is 4.71. The number of aryl methyl sites for hydroxylation is 1. The van der Waals surface area contributed by atoms with Gasteiger partial charge in [0.2, 0.25) is 0 Å². The van der Waals surface area contributed by atoms with Gasteiger partial charge in [-0.3, -0.25) is 4.79 Å². The maximum absolute atomic E-state index is 12.2. The summed E-state index contributed by atoms with van der Waals surface area (Å²) in [4.78, 5) is 12.2. The van der Waals surface area contributed by atoms with Gasteiger partial charge in [-0.25, -0.2) is 0 Å². The van der Waals surface area contributed by atoms with E-state index in [-0.39, 0.29) is 5.91 Å². The number of benzene rings is 2. The highest BCUT2D eigenvalue weighted by molar-refractivity contribution is 5.95. The number of hydrogen-bond donors (Lipinski definition) is 1. The molecule has 0 heterocycles. The van der Waals surface area contributed by atoms with E-state index in [9.17, 15) is 4.79 Å². The molecule has 1 N–H and O–H groups in total. The average Bonchev–Trinajstić information content (AvgIpc) is 2.53. The Bertz CT molecular complexity index is 615. The third-order valence-electron chi connectivity index (χ3n) is 3.31. The minimum atomic E-state index is -0.157. The zero-order valence-electron chi connectivity index (χ0n) is 12.5. The van der Waals surface area contributed by atoms with Crippen molar-refractivity contribution in [3.63, 3.8) is 0 Å². The molecule has 2 aromatic rings. The molecule has 110 valence electrons. The fourth-order valence-corrected chi connectivity index (χ4v) is 2.02. The molecule has 2 aromatic carbocycles. The van der Waals surface area contributed by atoms with E-state index in [0.717, 1.165) is 11.1 Å². The highest BCUT2D eigenvalue weighted by Gasteiger charge is 2.10. The van der Waals surface area contributed by atoms with E-state index >= 15 is 0 Å². The van der Waals surface area contributed by atoms with Crippen LogP contribution in [-0.2, 0) is 6.54 Å². The summed E-state index contributed by atoms with van der Waals surface area (Å²) in [6.45, 7) is 2.51. The zero-order valence-corrected chi connectivity index (χ0v) is 12.5. The fraction of sp³-hybridized carbons (Fsp3) is 0.235. The summed E-state index contributed by atoms with van der Waals surface area (Å²) in [7, 11) is 3.12. The second-order valence-corrected chi connectivity index (χ2v) is 4.71. The summed E-state index contributed by atoms with van der Waals surface area (Å²) in [5.41, 5.74) is 2.77. The predicted molar refractivity (Wildman–Crippen MR) is 81.9 cm³/mol. The molecule has 1 amide bonds. The maximum atomic E-state index is 12.2. The zero-order chi connectivity index (χ0) is 15.2. The van der Waals surface area contributed by atoms with Gasteiger partial charge in [0.15, 0.2) is 0 Å². The Morgan fingerprint density at radius 3 is 2.24 bits per heavy atom. The highest BCUT2D eigenvalue weighted by atomic mass is 16.5. The number of methoxy groups -OCH3 is 2. The minimum absolute atomic E-state index is 0.157. The Morgan fingerprint density at radius 2 is 1.67 bits per heavy atom. The molecule has 0 aromatic heterocycles. The molecule has 0 aliphatic rings. The molecular formula is C17H19NO3. The highest BCUT2D eigenvalue weighted by Crippen LogP contribution is 2.22. The third-order valence-corrected chi connectivity index (χ3v) is 3.31. The monoisotopic (exact) mass is 285 g/mol. The number of rotatable bonds is 5. The summed E-state index contributed by atoms with van der Waals surface area (Å²) in [5, 5.41) is 2.91. The van der Waals surface area contributed by atoms with E-state index in [1.165, 1.54) is 0 Å². The van der Waals surface area contributed by atoms with Crippen LogP contribution in [-0.4, -0.2) is 20.1 Å². The van der Waals surface area contributed by atoms with Crippen molar-refractivity contribution in [3.05, 3.63) is 59.2 Å². The quantitative estimate of drug-likeness (QED) is 0.918. The van der Waals surface area contributed by atoms with Crippen molar-refractivity contribution in [1.29, 1.82) is 0 Å². The van der Waals surface area contributed by atoms with Gasteiger partial charge in [-0.1, -0.05) is 24.3 Å². The standard InChI is InChI=1S/C17H19NO3/c1-12-6-4-5-7-13(12)11-18-17(19)14-8-15(20-2)10-16(9-14)21-3/h4-10H,11H2,1-3H3,(H,18,19). The molecule has 4 nitrogen and oxygen atoms in total. The van der Waals surface area contributed by atoms with Crippen LogP contribution >= 0.6 is 0 Å². The molecule has 4 heteroatoms. The minimum Gasteiger partial charge on any atom is -0.497 e. The molecule has 21 heavy (non-hydrogen) atoms. The largest absolute Gasteiger partial charge is 0.497 e. The number of hydrogen-bond acceptors (Lipinski definition) is 3. The van der Waals surface area contributed by atoms with Crippen LogP contribution < -0.4 is 14.8 Å². The topological polar surface area (TPSA) is 47.6 Å². The fourth-order valence-electron chi connectivity index (χ4n) is 2.02. The Balaban J connectivity index is 2.11. The van der Waals surface area contributed by atoms with E-state index in [2.05, 4.69) is 5.32 Å². The van der Waals surface area contributed by atoms with Gasteiger partial charge in [-0.05, 0) is 30.2 Å². The van der Waals surface area contributed by atoms with E-state index < -0.39 is 0 Å². The SMILES string of the molecule is COc1cc(OC)cc(C(=O)NCc2ccccc2C)c1. The van der Waals surface area contributed by atoms with Crippen LogP contribution in [0.5, 0.6) is 11.5 Å². The maximum Gasteiger partial charge on any atom is 0.251 e. The summed E-state index contributed by atoms with van der Waals surface area (Å²) in [6.07, 6.45) is 0. The smallest absolute Gasteiger partial charge is 0.251 e. The van der Waals surface area contributed by atoms with Crippen LogP contribution in [0.2, 0.25) is 0 Å². The van der Waals surface area contributed by atoms with Gasteiger partial charge < -0.3 is 14.8 Å². The number of amides is 1. The Labute approximate surface area is 124 Å². The van der Waals surface area contributed by atoms with Gasteiger partial charge in [-0.15, -0.1) is 0 Å².